The monoisotopic (exact) mass is 224 g/mol. The second kappa shape index (κ2) is 3.27. The zero-order valence-electron chi connectivity index (χ0n) is 8.34. The lowest BCUT2D eigenvalue weighted by atomic mass is 10.2. The third kappa shape index (κ3) is 1.52. The van der Waals surface area contributed by atoms with Gasteiger partial charge in [-0.1, -0.05) is 6.07 Å². The summed E-state index contributed by atoms with van der Waals surface area (Å²) in [4.78, 5) is 0. The van der Waals surface area contributed by atoms with Gasteiger partial charge >= 0.3 is 6.18 Å². The number of halogens is 3. The quantitative estimate of drug-likeness (QED) is 0.676. The first-order valence-electron chi connectivity index (χ1n) is 4.50. The van der Waals surface area contributed by atoms with Crippen molar-refractivity contribution in [1.29, 1.82) is 5.26 Å². The van der Waals surface area contributed by atoms with Gasteiger partial charge in [-0.3, -0.25) is 0 Å². The lowest BCUT2D eigenvalue weighted by Crippen LogP contribution is -2.10. The van der Waals surface area contributed by atoms with E-state index in [-0.39, 0.29) is 0 Å². The molecule has 1 heterocycles. The van der Waals surface area contributed by atoms with Crippen LogP contribution < -0.4 is 0 Å². The number of nitrogens with zero attached hydrogens (tertiary/aromatic N) is 2. The molecule has 0 unspecified atom stereocenters. The summed E-state index contributed by atoms with van der Waals surface area (Å²) in [5.74, 6) is 0. The lowest BCUT2D eigenvalue weighted by Gasteiger charge is -2.07. The molecule has 2 rings (SSSR count). The van der Waals surface area contributed by atoms with Gasteiger partial charge < -0.3 is 4.57 Å². The van der Waals surface area contributed by atoms with E-state index in [2.05, 4.69) is 0 Å². The van der Waals surface area contributed by atoms with Crippen LogP contribution in [0.5, 0.6) is 0 Å². The minimum Gasteiger partial charge on any atom is -0.340 e. The first kappa shape index (κ1) is 10.6. The molecule has 0 spiro atoms. The topological polar surface area (TPSA) is 28.7 Å². The third-order valence-corrected chi connectivity index (χ3v) is 2.46. The van der Waals surface area contributed by atoms with Gasteiger partial charge in [0.25, 0.3) is 0 Å². The molecule has 16 heavy (non-hydrogen) atoms. The first-order valence-corrected chi connectivity index (χ1v) is 4.50. The van der Waals surface area contributed by atoms with Crippen molar-refractivity contribution in [2.45, 2.75) is 6.18 Å². The van der Waals surface area contributed by atoms with Gasteiger partial charge in [0.05, 0.1) is 11.6 Å². The van der Waals surface area contributed by atoms with E-state index in [1.165, 1.54) is 25.2 Å². The van der Waals surface area contributed by atoms with Gasteiger partial charge in [0.2, 0.25) is 0 Å². The van der Waals surface area contributed by atoms with Gasteiger partial charge in [-0.15, -0.1) is 0 Å². The number of benzene rings is 1. The highest BCUT2D eigenvalue weighted by Gasteiger charge is 2.34. The SMILES string of the molecule is Cn1c(C(F)(F)F)cc2ccc(C#N)cc21. The molecule has 2 aromatic rings. The van der Waals surface area contributed by atoms with Crippen LogP contribution in [0.25, 0.3) is 10.9 Å². The van der Waals surface area contributed by atoms with Gasteiger partial charge in [0.1, 0.15) is 5.69 Å². The van der Waals surface area contributed by atoms with Crippen LogP contribution in [0.3, 0.4) is 0 Å². The van der Waals surface area contributed by atoms with Crippen LogP contribution in [-0.4, -0.2) is 4.57 Å². The van der Waals surface area contributed by atoms with E-state index >= 15 is 0 Å². The largest absolute Gasteiger partial charge is 0.431 e. The molecule has 5 heteroatoms. The average molecular weight is 224 g/mol. The number of fused-ring (bicyclic) bond motifs is 1. The number of hydrogen-bond acceptors (Lipinski definition) is 1. The molecule has 0 atom stereocenters. The molecule has 0 aliphatic heterocycles. The molecule has 0 saturated carbocycles. The van der Waals surface area contributed by atoms with Gasteiger partial charge in [-0.25, -0.2) is 0 Å². The molecule has 0 radical (unpaired) electrons. The number of hydrogen-bond donors (Lipinski definition) is 0. The Labute approximate surface area is 89.5 Å². The second-order valence-electron chi connectivity index (χ2n) is 3.47. The number of alkyl halides is 3. The third-order valence-electron chi connectivity index (χ3n) is 2.46. The Hall–Kier alpha value is -1.96. The van der Waals surface area contributed by atoms with Gasteiger partial charge in [0, 0.05) is 18.0 Å². The molecule has 0 N–H and O–H groups in total. The molecular formula is C11H7F3N2. The van der Waals surface area contributed by atoms with Crippen LogP contribution in [0.15, 0.2) is 24.3 Å². The zero-order valence-corrected chi connectivity index (χ0v) is 8.34. The maximum absolute atomic E-state index is 12.6. The molecule has 0 amide bonds. The van der Waals surface area contributed by atoms with E-state index in [1.54, 1.807) is 0 Å². The van der Waals surface area contributed by atoms with Crippen molar-refractivity contribution in [3.05, 3.63) is 35.5 Å². The Bertz CT molecular complexity index is 588. The maximum Gasteiger partial charge on any atom is 0.431 e. The van der Waals surface area contributed by atoms with Crippen molar-refractivity contribution in [1.82, 2.24) is 4.57 Å². The summed E-state index contributed by atoms with van der Waals surface area (Å²) in [6.07, 6.45) is -4.37. The Morgan fingerprint density at radius 1 is 1.25 bits per heavy atom. The zero-order chi connectivity index (χ0) is 11.9. The molecule has 1 aromatic heterocycles. The van der Waals surface area contributed by atoms with Crippen LogP contribution in [0, 0.1) is 11.3 Å². The van der Waals surface area contributed by atoms with Gasteiger partial charge in [-0.2, -0.15) is 18.4 Å². The molecule has 0 aliphatic rings. The fourth-order valence-electron chi connectivity index (χ4n) is 1.67. The lowest BCUT2D eigenvalue weighted by molar-refractivity contribution is -0.142. The second-order valence-corrected chi connectivity index (χ2v) is 3.47. The van der Waals surface area contributed by atoms with Crippen LogP contribution in [0.2, 0.25) is 0 Å². The molecular weight excluding hydrogens is 217 g/mol. The van der Waals surface area contributed by atoms with E-state index in [9.17, 15) is 13.2 Å². The van der Waals surface area contributed by atoms with Crippen molar-refractivity contribution in [3.63, 3.8) is 0 Å². The Kier molecular flexibility index (Phi) is 2.16. The van der Waals surface area contributed by atoms with Crippen molar-refractivity contribution >= 4 is 10.9 Å². The van der Waals surface area contributed by atoms with E-state index in [1.807, 2.05) is 6.07 Å². The molecule has 0 saturated heterocycles. The standard InChI is InChI=1S/C11H7F3N2/c1-16-9-4-7(6-15)2-3-8(9)5-10(16)11(12,13)14/h2-5H,1H3. The molecule has 82 valence electrons. The minimum absolute atomic E-state index is 0.349. The molecule has 0 fully saturated rings. The van der Waals surface area contributed by atoms with Crippen LogP contribution in [0.1, 0.15) is 11.3 Å². The summed E-state index contributed by atoms with van der Waals surface area (Å²) in [6.45, 7) is 0. The maximum atomic E-state index is 12.6. The van der Waals surface area contributed by atoms with Crippen LogP contribution in [-0.2, 0) is 13.2 Å². The highest BCUT2D eigenvalue weighted by atomic mass is 19.4. The van der Waals surface area contributed by atoms with Gasteiger partial charge in [-0.05, 0) is 18.2 Å². The summed E-state index contributed by atoms with van der Waals surface area (Å²) in [7, 11) is 1.34. The first-order chi connectivity index (χ1) is 7.43. The minimum atomic E-state index is -4.37. The van der Waals surface area contributed by atoms with E-state index in [0.29, 0.717) is 16.5 Å². The number of nitriles is 1. The Balaban J connectivity index is 2.75. The number of rotatable bonds is 0. The predicted molar refractivity (Wildman–Crippen MR) is 52.6 cm³/mol. The van der Waals surface area contributed by atoms with Crippen LogP contribution >= 0.6 is 0 Å². The summed E-state index contributed by atoms with van der Waals surface area (Å²) in [5, 5.41) is 9.15. The molecule has 2 nitrogen and oxygen atoms in total. The Morgan fingerprint density at radius 3 is 2.50 bits per heavy atom. The summed E-state index contributed by atoms with van der Waals surface area (Å²) in [5.41, 5.74) is 0.0476. The smallest absolute Gasteiger partial charge is 0.340 e. The molecule has 1 aromatic carbocycles. The highest BCUT2D eigenvalue weighted by molar-refractivity contribution is 5.82. The van der Waals surface area contributed by atoms with Crippen LogP contribution in [0.4, 0.5) is 13.2 Å². The van der Waals surface area contributed by atoms with Gasteiger partial charge in [0.15, 0.2) is 0 Å². The highest BCUT2D eigenvalue weighted by Crippen LogP contribution is 2.33. The van der Waals surface area contributed by atoms with E-state index < -0.39 is 11.9 Å². The molecule has 0 bridgehead atoms. The number of aromatic nitrogens is 1. The van der Waals surface area contributed by atoms with Crippen molar-refractivity contribution in [2.24, 2.45) is 7.05 Å². The normalized spacial score (nSPS) is 11.7. The summed E-state index contributed by atoms with van der Waals surface area (Å²) >= 11 is 0. The average Bonchev–Trinajstić information content (AvgIpc) is 2.55. The summed E-state index contributed by atoms with van der Waals surface area (Å²) < 4.78 is 38.8. The van der Waals surface area contributed by atoms with Crippen molar-refractivity contribution in [2.75, 3.05) is 0 Å². The number of aryl methyl sites for hydroxylation is 1. The van der Waals surface area contributed by atoms with E-state index in [0.717, 1.165) is 10.6 Å². The van der Waals surface area contributed by atoms with Crippen molar-refractivity contribution < 1.29 is 13.2 Å². The summed E-state index contributed by atoms with van der Waals surface area (Å²) in [6, 6.07) is 7.45. The molecule has 0 aliphatic carbocycles. The van der Waals surface area contributed by atoms with Crippen molar-refractivity contribution in [3.8, 4) is 6.07 Å². The fourth-order valence-corrected chi connectivity index (χ4v) is 1.67. The fraction of sp³-hybridized carbons (Fsp3) is 0.182. The van der Waals surface area contributed by atoms with E-state index in [4.69, 9.17) is 5.26 Å². The Morgan fingerprint density at radius 2 is 1.94 bits per heavy atom. The predicted octanol–water partition coefficient (Wildman–Crippen LogP) is 3.07.